The molecule has 2 atom stereocenters. The third-order valence-electron chi connectivity index (χ3n) is 6.45. The maximum absolute atomic E-state index is 13.9. The van der Waals surface area contributed by atoms with Crippen LogP contribution in [0.1, 0.15) is 29.8 Å². The molecule has 4 rings (SSSR count). The van der Waals surface area contributed by atoms with E-state index in [0.717, 1.165) is 23.5 Å². The van der Waals surface area contributed by atoms with Crippen LogP contribution in [0, 0.1) is 12.3 Å². The molecular weight excluding hydrogens is 538 g/mol. The fourth-order valence-corrected chi connectivity index (χ4v) is 6.99. The van der Waals surface area contributed by atoms with Gasteiger partial charge in [0.05, 0.1) is 25.6 Å². The lowest BCUT2D eigenvalue weighted by atomic mass is 10.0. The number of likely N-dealkylation sites (tertiary alicyclic amines) is 1. The van der Waals surface area contributed by atoms with E-state index in [1.165, 1.54) is 6.20 Å². The zero-order valence-electron chi connectivity index (χ0n) is 18.4. The molecule has 1 aromatic carbocycles. The minimum Gasteiger partial charge on any atom is -0.480 e. The first-order valence-corrected chi connectivity index (χ1v) is 12.8. The standard InChI is InChI=1S/C21H18F6N2O5S2/c1-10-28-8-15(35-10)11-2-3-16(13(6-11)20(22,23)24)36(33,34)12-7-14(17(30)31)29(9-12)18(32)19(4-5-19)21(25,26)27/h2-3,6,8,12,14H,4-5,7,9H2,1H3,(H,30,31)/t12-,14+/m1/s1. The number of benzene rings is 1. The zero-order chi connectivity index (χ0) is 26.8. The Labute approximate surface area is 204 Å². The van der Waals surface area contributed by atoms with Crippen LogP contribution in [0.2, 0.25) is 0 Å². The summed E-state index contributed by atoms with van der Waals surface area (Å²) in [6.45, 7) is 0.664. The molecule has 36 heavy (non-hydrogen) atoms. The van der Waals surface area contributed by atoms with Gasteiger partial charge in [-0.05, 0) is 43.9 Å². The van der Waals surface area contributed by atoms with Crippen molar-refractivity contribution in [1.82, 2.24) is 9.88 Å². The van der Waals surface area contributed by atoms with Gasteiger partial charge in [0.15, 0.2) is 9.84 Å². The number of rotatable bonds is 5. The van der Waals surface area contributed by atoms with Crippen molar-refractivity contribution >= 4 is 33.1 Å². The second-order valence-electron chi connectivity index (χ2n) is 8.75. The smallest absolute Gasteiger partial charge is 0.417 e. The number of hydrogen-bond donors (Lipinski definition) is 1. The van der Waals surface area contributed by atoms with Gasteiger partial charge in [-0.25, -0.2) is 18.2 Å². The van der Waals surface area contributed by atoms with Crippen LogP contribution < -0.4 is 0 Å². The number of carboxylic acid groups (broad SMARTS) is 1. The molecule has 1 aliphatic heterocycles. The summed E-state index contributed by atoms with van der Waals surface area (Å²) in [5.74, 6) is -3.32. The van der Waals surface area contributed by atoms with Crippen molar-refractivity contribution in [2.45, 2.75) is 54.7 Å². The van der Waals surface area contributed by atoms with Crippen LogP contribution in [-0.2, 0) is 25.6 Å². The van der Waals surface area contributed by atoms with Crippen molar-refractivity contribution in [1.29, 1.82) is 0 Å². The molecule has 0 spiro atoms. The number of nitrogens with zero attached hydrogens (tertiary/aromatic N) is 2. The van der Waals surface area contributed by atoms with Gasteiger partial charge in [-0.3, -0.25) is 4.79 Å². The highest BCUT2D eigenvalue weighted by Crippen LogP contribution is 2.59. The molecule has 1 aliphatic carbocycles. The van der Waals surface area contributed by atoms with Crippen LogP contribution in [0.25, 0.3) is 10.4 Å². The number of thiazole rings is 1. The summed E-state index contributed by atoms with van der Waals surface area (Å²) in [6.07, 6.45) is -10.8. The number of aryl methyl sites for hydroxylation is 1. The Morgan fingerprint density at radius 3 is 2.28 bits per heavy atom. The van der Waals surface area contributed by atoms with Gasteiger partial charge in [0, 0.05) is 12.7 Å². The van der Waals surface area contributed by atoms with Gasteiger partial charge in [-0.1, -0.05) is 6.07 Å². The van der Waals surface area contributed by atoms with Crippen molar-refractivity contribution in [3.8, 4) is 10.4 Å². The van der Waals surface area contributed by atoms with Gasteiger partial charge in [-0.2, -0.15) is 26.3 Å². The Hall–Kier alpha value is -2.68. The summed E-state index contributed by atoms with van der Waals surface area (Å²) in [4.78, 5) is 27.9. The molecule has 2 aliphatic rings. The Balaban J connectivity index is 1.73. The van der Waals surface area contributed by atoms with Crippen LogP contribution in [0.3, 0.4) is 0 Å². The number of carbonyl (C=O) groups excluding carboxylic acids is 1. The Morgan fingerprint density at radius 2 is 1.81 bits per heavy atom. The van der Waals surface area contributed by atoms with E-state index in [-0.39, 0.29) is 5.56 Å². The predicted molar refractivity (Wildman–Crippen MR) is 114 cm³/mol. The van der Waals surface area contributed by atoms with Crippen molar-refractivity contribution in [3.05, 3.63) is 35.0 Å². The molecule has 2 aromatic rings. The monoisotopic (exact) mass is 556 g/mol. The van der Waals surface area contributed by atoms with E-state index in [0.29, 0.717) is 20.9 Å². The summed E-state index contributed by atoms with van der Waals surface area (Å²) < 4.78 is 109. The van der Waals surface area contributed by atoms with Crippen molar-refractivity contribution < 1.29 is 49.5 Å². The third-order valence-corrected chi connectivity index (χ3v) is 9.60. The molecule has 1 aromatic heterocycles. The fraction of sp³-hybridized carbons (Fsp3) is 0.476. The lowest BCUT2D eigenvalue weighted by Gasteiger charge is -2.28. The van der Waals surface area contributed by atoms with E-state index in [9.17, 15) is 49.5 Å². The zero-order valence-corrected chi connectivity index (χ0v) is 20.0. The Morgan fingerprint density at radius 1 is 1.17 bits per heavy atom. The highest BCUT2D eigenvalue weighted by molar-refractivity contribution is 7.92. The molecule has 1 N–H and O–H groups in total. The average molecular weight is 557 g/mol. The van der Waals surface area contributed by atoms with Gasteiger partial charge in [0.2, 0.25) is 5.91 Å². The maximum atomic E-state index is 13.9. The summed E-state index contributed by atoms with van der Waals surface area (Å²) >= 11 is 1.09. The van der Waals surface area contributed by atoms with Crippen LogP contribution >= 0.6 is 11.3 Å². The maximum Gasteiger partial charge on any atom is 0.417 e. The summed E-state index contributed by atoms with van der Waals surface area (Å²) in [5, 5.41) is 8.19. The minimum absolute atomic E-state index is 0.0550. The highest BCUT2D eigenvalue weighted by Gasteiger charge is 2.70. The molecule has 2 heterocycles. The van der Waals surface area contributed by atoms with E-state index in [4.69, 9.17) is 0 Å². The van der Waals surface area contributed by atoms with Gasteiger partial charge in [0.1, 0.15) is 11.5 Å². The molecule has 7 nitrogen and oxygen atoms in total. The fourth-order valence-electron chi connectivity index (χ4n) is 4.33. The van der Waals surface area contributed by atoms with Crippen molar-refractivity contribution in [2.75, 3.05) is 6.54 Å². The minimum atomic E-state index is -5.12. The topological polar surface area (TPSA) is 105 Å². The quantitative estimate of drug-likeness (QED) is 0.551. The molecule has 1 saturated heterocycles. The SMILES string of the molecule is Cc1ncc(-c2ccc(S(=O)(=O)[C@@H]3C[C@@H](C(=O)O)N(C(=O)C4(C(F)(F)F)CC4)C3)c(C(F)(F)F)c2)s1. The number of alkyl halides is 6. The van der Waals surface area contributed by atoms with E-state index in [1.54, 1.807) is 6.92 Å². The Bertz CT molecular complexity index is 1330. The number of carboxylic acids is 1. The average Bonchev–Trinajstić information content (AvgIpc) is 3.28. The lowest BCUT2D eigenvalue weighted by Crippen LogP contribution is -2.48. The number of halogens is 6. The molecule has 2 fully saturated rings. The summed E-state index contributed by atoms with van der Waals surface area (Å²) in [7, 11) is -4.91. The largest absolute Gasteiger partial charge is 0.480 e. The second-order valence-corrected chi connectivity index (χ2v) is 12.2. The number of amides is 1. The van der Waals surface area contributed by atoms with Gasteiger partial charge < -0.3 is 10.0 Å². The summed E-state index contributed by atoms with van der Waals surface area (Å²) in [5.41, 5.74) is -4.25. The number of sulfone groups is 1. The van der Waals surface area contributed by atoms with Crippen LogP contribution in [-0.4, -0.2) is 59.3 Å². The first-order valence-electron chi connectivity index (χ1n) is 10.5. The first kappa shape index (κ1) is 26.4. The van der Waals surface area contributed by atoms with Gasteiger partial charge in [0.25, 0.3) is 0 Å². The third kappa shape index (κ3) is 4.35. The van der Waals surface area contributed by atoms with Crippen molar-refractivity contribution in [3.63, 3.8) is 0 Å². The molecular formula is C21H18F6N2O5S2. The number of hydrogen-bond acceptors (Lipinski definition) is 6. The molecule has 0 radical (unpaired) electrons. The van der Waals surface area contributed by atoms with Crippen LogP contribution in [0.5, 0.6) is 0 Å². The number of aliphatic carboxylic acids is 1. The number of carbonyl (C=O) groups is 2. The number of aromatic nitrogens is 1. The second kappa shape index (κ2) is 8.43. The normalized spacial score (nSPS) is 22.0. The van der Waals surface area contributed by atoms with Crippen molar-refractivity contribution in [2.24, 2.45) is 5.41 Å². The molecule has 0 bridgehead atoms. The van der Waals surface area contributed by atoms with Crippen LogP contribution in [0.15, 0.2) is 29.3 Å². The van der Waals surface area contributed by atoms with Gasteiger partial charge >= 0.3 is 18.3 Å². The van der Waals surface area contributed by atoms with Crippen LogP contribution in [0.4, 0.5) is 26.3 Å². The molecule has 0 unspecified atom stereocenters. The summed E-state index contributed by atoms with van der Waals surface area (Å²) in [6, 6.07) is 0.589. The molecule has 196 valence electrons. The van der Waals surface area contributed by atoms with E-state index in [1.807, 2.05) is 0 Å². The lowest BCUT2D eigenvalue weighted by molar-refractivity contribution is -0.199. The van der Waals surface area contributed by atoms with E-state index < -0.39 is 87.0 Å². The first-order chi connectivity index (χ1) is 16.5. The molecule has 15 heteroatoms. The molecule has 1 amide bonds. The van der Waals surface area contributed by atoms with E-state index in [2.05, 4.69) is 4.98 Å². The Kier molecular flexibility index (Phi) is 6.18. The highest BCUT2D eigenvalue weighted by atomic mass is 32.2. The van der Waals surface area contributed by atoms with E-state index >= 15 is 0 Å². The van der Waals surface area contributed by atoms with Gasteiger partial charge in [-0.15, -0.1) is 11.3 Å². The molecule has 1 saturated carbocycles. The predicted octanol–water partition coefficient (Wildman–Crippen LogP) is 4.31.